The van der Waals surface area contributed by atoms with Crippen LogP contribution in [0.4, 0.5) is 13.2 Å². The lowest BCUT2D eigenvalue weighted by Crippen LogP contribution is -2.33. The van der Waals surface area contributed by atoms with Gasteiger partial charge in [-0.05, 0) is 31.0 Å². The lowest BCUT2D eigenvalue weighted by molar-refractivity contribution is -0.139. The molecular formula is C15H19F3N2O. The monoisotopic (exact) mass is 300 g/mol. The molecule has 1 aromatic rings. The summed E-state index contributed by atoms with van der Waals surface area (Å²) in [6, 6.07) is 5.53. The van der Waals surface area contributed by atoms with Gasteiger partial charge < -0.3 is 10.2 Å². The zero-order chi connectivity index (χ0) is 15.5. The van der Waals surface area contributed by atoms with Crippen molar-refractivity contribution in [3.05, 3.63) is 35.4 Å². The minimum atomic E-state index is -4.40. The van der Waals surface area contributed by atoms with Gasteiger partial charge in [-0.25, -0.2) is 0 Å². The van der Waals surface area contributed by atoms with E-state index in [1.54, 1.807) is 13.1 Å². The number of hydrogen-bond donors (Lipinski definition) is 1. The van der Waals surface area contributed by atoms with Gasteiger partial charge in [0.15, 0.2) is 0 Å². The van der Waals surface area contributed by atoms with Crippen LogP contribution in [0.3, 0.4) is 0 Å². The molecule has 1 amide bonds. The maximum atomic E-state index is 12.9. The van der Waals surface area contributed by atoms with Crippen molar-refractivity contribution < 1.29 is 18.0 Å². The van der Waals surface area contributed by atoms with E-state index in [0.717, 1.165) is 25.5 Å². The molecule has 0 spiro atoms. The van der Waals surface area contributed by atoms with Crippen molar-refractivity contribution in [3.63, 3.8) is 0 Å². The number of hydrogen-bond acceptors (Lipinski definition) is 2. The summed E-state index contributed by atoms with van der Waals surface area (Å²) in [5, 5.41) is 3.21. The molecule has 1 unspecified atom stereocenters. The molecule has 3 nitrogen and oxygen atoms in total. The Morgan fingerprint density at radius 1 is 1.38 bits per heavy atom. The van der Waals surface area contributed by atoms with Gasteiger partial charge in [-0.2, -0.15) is 13.2 Å². The molecular weight excluding hydrogens is 281 g/mol. The van der Waals surface area contributed by atoms with E-state index in [2.05, 4.69) is 5.32 Å². The summed E-state index contributed by atoms with van der Waals surface area (Å²) in [6.07, 6.45) is -2.07. The molecule has 2 rings (SSSR count). The SMILES string of the molecule is CN(Cc1ccccc1C(F)(F)F)C(=O)CC1CCCN1. The number of benzene rings is 1. The van der Waals surface area contributed by atoms with Crippen LogP contribution >= 0.6 is 0 Å². The van der Waals surface area contributed by atoms with E-state index < -0.39 is 11.7 Å². The first-order valence-corrected chi connectivity index (χ1v) is 7.00. The van der Waals surface area contributed by atoms with Crippen LogP contribution in [-0.4, -0.2) is 30.4 Å². The maximum Gasteiger partial charge on any atom is 0.416 e. The molecule has 1 aromatic carbocycles. The van der Waals surface area contributed by atoms with Crippen molar-refractivity contribution in [3.8, 4) is 0 Å². The maximum absolute atomic E-state index is 12.9. The van der Waals surface area contributed by atoms with Gasteiger partial charge in [0.25, 0.3) is 0 Å². The average Bonchev–Trinajstić information content (AvgIpc) is 2.91. The molecule has 116 valence electrons. The lowest BCUT2D eigenvalue weighted by atomic mass is 10.1. The number of rotatable bonds is 4. The zero-order valence-corrected chi connectivity index (χ0v) is 11.9. The Morgan fingerprint density at radius 3 is 2.71 bits per heavy atom. The third kappa shape index (κ3) is 4.20. The molecule has 1 aliphatic rings. The molecule has 0 saturated carbocycles. The highest BCUT2D eigenvalue weighted by Crippen LogP contribution is 2.32. The fourth-order valence-corrected chi connectivity index (χ4v) is 2.58. The van der Waals surface area contributed by atoms with E-state index in [9.17, 15) is 18.0 Å². The molecule has 0 aliphatic carbocycles. The van der Waals surface area contributed by atoms with Crippen molar-refractivity contribution in [2.75, 3.05) is 13.6 Å². The molecule has 1 fully saturated rings. The van der Waals surface area contributed by atoms with Gasteiger partial charge in [-0.3, -0.25) is 4.79 Å². The van der Waals surface area contributed by atoms with E-state index in [1.807, 2.05) is 0 Å². The first-order valence-electron chi connectivity index (χ1n) is 7.00. The van der Waals surface area contributed by atoms with Crippen LogP contribution in [0.1, 0.15) is 30.4 Å². The fraction of sp³-hybridized carbons (Fsp3) is 0.533. The summed E-state index contributed by atoms with van der Waals surface area (Å²) in [4.78, 5) is 13.4. The van der Waals surface area contributed by atoms with E-state index >= 15 is 0 Å². The van der Waals surface area contributed by atoms with Gasteiger partial charge >= 0.3 is 6.18 Å². The molecule has 0 radical (unpaired) electrons. The van der Waals surface area contributed by atoms with Gasteiger partial charge in [0.1, 0.15) is 0 Å². The molecule has 1 aliphatic heterocycles. The Bertz CT molecular complexity index is 496. The summed E-state index contributed by atoms with van der Waals surface area (Å²) < 4.78 is 38.7. The van der Waals surface area contributed by atoms with Crippen LogP contribution in [0.25, 0.3) is 0 Å². The predicted molar refractivity (Wildman–Crippen MR) is 73.6 cm³/mol. The Labute approximate surface area is 122 Å². The second-order valence-corrected chi connectivity index (χ2v) is 5.40. The number of alkyl halides is 3. The predicted octanol–water partition coefficient (Wildman–Crippen LogP) is 2.81. The van der Waals surface area contributed by atoms with Crippen molar-refractivity contribution >= 4 is 5.91 Å². The van der Waals surface area contributed by atoms with Gasteiger partial charge in [-0.1, -0.05) is 18.2 Å². The minimum absolute atomic E-state index is 0.0266. The number of nitrogens with zero attached hydrogens (tertiary/aromatic N) is 1. The summed E-state index contributed by atoms with van der Waals surface area (Å²) >= 11 is 0. The van der Waals surface area contributed by atoms with Crippen molar-refractivity contribution in [1.82, 2.24) is 10.2 Å². The molecule has 0 aromatic heterocycles. The number of halogens is 3. The fourth-order valence-electron chi connectivity index (χ4n) is 2.58. The average molecular weight is 300 g/mol. The number of carbonyl (C=O) groups excluding carboxylic acids is 1. The highest BCUT2D eigenvalue weighted by molar-refractivity contribution is 5.76. The number of nitrogens with one attached hydrogen (secondary N) is 1. The van der Waals surface area contributed by atoms with Crippen LogP contribution in [0.5, 0.6) is 0 Å². The van der Waals surface area contributed by atoms with Crippen molar-refractivity contribution in [2.24, 2.45) is 0 Å². The Hall–Kier alpha value is -1.56. The first-order chi connectivity index (χ1) is 9.88. The topological polar surface area (TPSA) is 32.3 Å². The molecule has 0 bridgehead atoms. The Morgan fingerprint density at radius 2 is 2.10 bits per heavy atom. The van der Waals surface area contributed by atoms with Gasteiger partial charge in [0.2, 0.25) is 5.91 Å². The summed E-state index contributed by atoms with van der Waals surface area (Å²) in [5.41, 5.74) is -0.552. The molecule has 1 saturated heterocycles. The summed E-state index contributed by atoms with van der Waals surface area (Å²) in [5.74, 6) is -0.133. The third-order valence-electron chi connectivity index (χ3n) is 3.74. The van der Waals surface area contributed by atoms with Gasteiger partial charge in [-0.15, -0.1) is 0 Å². The Balaban J connectivity index is 2.02. The molecule has 21 heavy (non-hydrogen) atoms. The van der Waals surface area contributed by atoms with Crippen LogP contribution in [0.2, 0.25) is 0 Å². The van der Waals surface area contributed by atoms with Gasteiger partial charge in [0.05, 0.1) is 5.56 Å². The van der Waals surface area contributed by atoms with Gasteiger partial charge in [0, 0.05) is 26.1 Å². The van der Waals surface area contributed by atoms with Crippen LogP contribution in [0.15, 0.2) is 24.3 Å². The van der Waals surface area contributed by atoms with Crippen LogP contribution < -0.4 is 5.32 Å². The summed E-state index contributed by atoms with van der Waals surface area (Å²) in [7, 11) is 1.55. The van der Waals surface area contributed by atoms with Crippen LogP contribution in [-0.2, 0) is 17.5 Å². The quantitative estimate of drug-likeness (QED) is 0.927. The lowest BCUT2D eigenvalue weighted by Gasteiger charge is -2.21. The molecule has 1 heterocycles. The normalized spacial score (nSPS) is 18.8. The smallest absolute Gasteiger partial charge is 0.341 e. The highest BCUT2D eigenvalue weighted by Gasteiger charge is 2.33. The van der Waals surface area contributed by atoms with E-state index in [1.165, 1.54) is 17.0 Å². The standard InChI is InChI=1S/C15H19F3N2O/c1-20(14(21)9-12-6-4-8-19-12)10-11-5-2-3-7-13(11)15(16,17)18/h2-3,5,7,12,19H,4,6,8-10H2,1H3. The van der Waals surface area contributed by atoms with E-state index in [4.69, 9.17) is 0 Å². The molecule has 1 atom stereocenters. The summed E-state index contributed by atoms with van der Waals surface area (Å²) in [6.45, 7) is 0.875. The second-order valence-electron chi connectivity index (χ2n) is 5.40. The minimum Gasteiger partial charge on any atom is -0.341 e. The zero-order valence-electron chi connectivity index (χ0n) is 11.9. The van der Waals surface area contributed by atoms with Crippen molar-refractivity contribution in [2.45, 2.75) is 38.0 Å². The molecule has 1 N–H and O–H groups in total. The van der Waals surface area contributed by atoms with Crippen molar-refractivity contribution in [1.29, 1.82) is 0 Å². The van der Waals surface area contributed by atoms with E-state index in [-0.39, 0.29) is 24.1 Å². The molecule has 6 heteroatoms. The van der Waals surface area contributed by atoms with Crippen LogP contribution in [0, 0.1) is 0 Å². The number of amides is 1. The largest absolute Gasteiger partial charge is 0.416 e. The Kier molecular flexibility index (Phi) is 4.88. The highest BCUT2D eigenvalue weighted by atomic mass is 19.4. The van der Waals surface area contributed by atoms with E-state index in [0.29, 0.717) is 6.42 Å². The second kappa shape index (κ2) is 6.47. The number of carbonyl (C=O) groups is 1. The third-order valence-corrected chi connectivity index (χ3v) is 3.74. The first kappa shape index (κ1) is 15.8.